The van der Waals surface area contributed by atoms with Crippen LogP contribution in [-0.4, -0.2) is 18.4 Å². The summed E-state index contributed by atoms with van der Waals surface area (Å²) in [6.07, 6.45) is -1.08. The van der Waals surface area contributed by atoms with Gasteiger partial charge in [-0.3, -0.25) is 4.79 Å². The van der Waals surface area contributed by atoms with Crippen molar-refractivity contribution in [2.45, 2.75) is 37.9 Å². The third-order valence-corrected chi connectivity index (χ3v) is 3.36. The molecule has 19 heavy (non-hydrogen) atoms. The van der Waals surface area contributed by atoms with Crippen LogP contribution >= 0.6 is 0 Å². The van der Waals surface area contributed by atoms with Crippen LogP contribution < -0.4 is 5.32 Å². The van der Waals surface area contributed by atoms with E-state index in [1.54, 1.807) is 0 Å². The molecule has 1 fully saturated rings. The van der Waals surface area contributed by atoms with Gasteiger partial charge in [0.2, 0.25) is 0 Å². The van der Waals surface area contributed by atoms with Gasteiger partial charge in [0.15, 0.2) is 5.78 Å². The summed E-state index contributed by atoms with van der Waals surface area (Å²) in [5, 5.41) is 3.22. The van der Waals surface area contributed by atoms with E-state index in [4.69, 9.17) is 0 Å². The smallest absolute Gasteiger partial charge is 0.314 e. The van der Waals surface area contributed by atoms with Crippen molar-refractivity contribution in [2.75, 3.05) is 6.54 Å². The van der Waals surface area contributed by atoms with Gasteiger partial charge in [-0.1, -0.05) is 18.6 Å². The summed E-state index contributed by atoms with van der Waals surface area (Å²) in [5.74, 6) is -0.231. The summed E-state index contributed by atoms with van der Waals surface area (Å²) in [6, 6.07) is 4.74. The lowest BCUT2D eigenvalue weighted by Crippen LogP contribution is -2.35. The average Bonchev–Trinajstić information content (AvgIpc) is 2.39. The molecule has 1 aromatic carbocycles. The zero-order valence-corrected chi connectivity index (χ0v) is 10.5. The molecule has 0 radical (unpaired) electrons. The van der Waals surface area contributed by atoms with E-state index in [9.17, 15) is 18.0 Å². The molecule has 1 N–H and O–H groups in total. The monoisotopic (exact) mass is 271 g/mol. The van der Waals surface area contributed by atoms with E-state index in [0.29, 0.717) is 0 Å². The topological polar surface area (TPSA) is 29.1 Å². The third kappa shape index (κ3) is 3.80. The summed E-state index contributed by atoms with van der Waals surface area (Å²) in [7, 11) is 0. The SMILES string of the molecule is O=C(CC1CCCCN1)c1cccc(C(F)(F)F)c1. The van der Waals surface area contributed by atoms with Gasteiger partial charge in [0.1, 0.15) is 0 Å². The number of piperidine rings is 1. The molecule has 0 spiro atoms. The standard InChI is InChI=1S/C14H16F3NO/c15-14(16,17)11-5-3-4-10(8-11)13(19)9-12-6-1-2-7-18-12/h3-5,8,12,18H,1-2,6-7,9H2. The number of nitrogens with one attached hydrogen (secondary N) is 1. The van der Waals surface area contributed by atoms with Crippen LogP contribution in [0.3, 0.4) is 0 Å². The summed E-state index contributed by atoms with van der Waals surface area (Å²) in [4.78, 5) is 12.0. The minimum atomic E-state index is -4.40. The van der Waals surface area contributed by atoms with Gasteiger partial charge in [-0.2, -0.15) is 13.2 Å². The van der Waals surface area contributed by atoms with Crippen LogP contribution in [0.5, 0.6) is 0 Å². The molecule has 2 nitrogen and oxygen atoms in total. The first kappa shape index (κ1) is 14.1. The van der Waals surface area contributed by atoms with Crippen molar-refractivity contribution in [2.24, 2.45) is 0 Å². The molecule has 0 aromatic heterocycles. The first-order valence-electron chi connectivity index (χ1n) is 6.40. The molecule has 1 saturated heterocycles. The number of halogens is 3. The van der Waals surface area contributed by atoms with E-state index >= 15 is 0 Å². The van der Waals surface area contributed by atoms with Crippen molar-refractivity contribution in [1.82, 2.24) is 5.32 Å². The predicted molar refractivity (Wildman–Crippen MR) is 66.0 cm³/mol. The number of rotatable bonds is 3. The fraction of sp³-hybridized carbons (Fsp3) is 0.500. The second-order valence-corrected chi connectivity index (χ2v) is 4.85. The number of carbonyl (C=O) groups excluding carboxylic acids is 1. The number of alkyl halides is 3. The molecule has 1 atom stereocenters. The number of ketones is 1. The Hall–Kier alpha value is -1.36. The minimum Gasteiger partial charge on any atom is -0.314 e. The van der Waals surface area contributed by atoms with E-state index in [-0.39, 0.29) is 23.8 Å². The molecule has 1 unspecified atom stereocenters. The van der Waals surface area contributed by atoms with Crippen LogP contribution in [0.4, 0.5) is 13.2 Å². The minimum absolute atomic E-state index is 0.0933. The average molecular weight is 271 g/mol. The number of carbonyl (C=O) groups is 1. The maximum Gasteiger partial charge on any atom is 0.416 e. The first-order valence-corrected chi connectivity index (χ1v) is 6.40. The fourth-order valence-electron chi connectivity index (χ4n) is 2.31. The maximum atomic E-state index is 12.6. The Balaban J connectivity index is 2.06. The van der Waals surface area contributed by atoms with E-state index in [1.165, 1.54) is 12.1 Å². The highest BCUT2D eigenvalue weighted by molar-refractivity contribution is 5.96. The lowest BCUT2D eigenvalue weighted by Gasteiger charge is -2.22. The van der Waals surface area contributed by atoms with Crippen LogP contribution in [0.2, 0.25) is 0 Å². The zero-order chi connectivity index (χ0) is 13.9. The molecule has 1 heterocycles. The second kappa shape index (κ2) is 5.74. The van der Waals surface area contributed by atoms with E-state index in [1.807, 2.05) is 0 Å². The van der Waals surface area contributed by atoms with E-state index in [2.05, 4.69) is 5.32 Å². The molecule has 104 valence electrons. The predicted octanol–water partition coefficient (Wildman–Crippen LogP) is 3.42. The molecule has 0 saturated carbocycles. The number of hydrogen-bond acceptors (Lipinski definition) is 2. The Labute approximate surface area is 110 Å². The first-order chi connectivity index (χ1) is 8.97. The lowest BCUT2D eigenvalue weighted by atomic mass is 9.96. The van der Waals surface area contributed by atoms with Crippen molar-refractivity contribution >= 4 is 5.78 Å². The fourth-order valence-corrected chi connectivity index (χ4v) is 2.31. The molecule has 0 bridgehead atoms. The Morgan fingerprint density at radius 2 is 2.11 bits per heavy atom. The number of hydrogen-bond donors (Lipinski definition) is 1. The Bertz CT molecular complexity index is 450. The normalized spacial score (nSPS) is 20.3. The highest BCUT2D eigenvalue weighted by atomic mass is 19.4. The molecular formula is C14H16F3NO. The zero-order valence-electron chi connectivity index (χ0n) is 10.5. The molecule has 0 aliphatic carbocycles. The van der Waals surface area contributed by atoms with Crippen LogP contribution in [0, 0.1) is 0 Å². The van der Waals surface area contributed by atoms with Gasteiger partial charge in [0.25, 0.3) is 0 Å². The molecule has 1 aromatic rings. The maximum absolute atomic E-state index is 12.6. The molecule has 2 rings (SSSR count). The Kier molecular flexibility index (Phi) is 4.24. The van der Waals surface area contributed by atoms with Crippen LogP contribution in [-0.2, 0) is 6.18 Å². The van der Waals surface area contributed by atoms with Crippen molar-refractivity contribution < 1.29 is 18.0 Å². The third-order valence-electron chi connectivity index (χ3n) is 3.36. The highest BCUT2D eigenvalue weighted by Gasteiger charge is 2.31. The van der Waals surface area contributed by atoms with Crippen LogP contribution in [0.1, 0.15) is 41.6 Å². The quantitative estimate of drug-likeness (QED) is 0.853. The van der Waals surface area contributed by atoms with Gasteiger partial charge in [0.05, 0.1) is 5.56 Å². The summed E-state index contributed by atoms with van der Waals surface area (Å²) in [6.45, 7) is 0.876. The number of Topliss-reactive ketones (excluding diaryl/α,β-unsaturated/α-hetero) is 1. The van der Waals surface area contributed by atoms with Crippen molar-refractivity contribution in [3.05, 3.63) is 35.4 Å². The molecule has 0 amide bonds. The van der Waals surface area contributed by atoms with Crippen LogP contribution in [0.25, 0.3) is 0 Å². The summed E-state index contributed by atoms with van der Waals surface area (Å²) >= 11 is 0. The highest BCUT2D eigenvalue weighted by Crippen LogP contribution is 2.29. The molecule has 1 aliphatic rings. The summed E-state index contributed by atoms with van der Waals surface area (Å²) < 4.78 is 37.7. The van der Waals surface area contributed by atoms with Gasteiger partial charge in [-0.25, -0.2) is 0 Å². The van der Waals surface area contributed by atoms with Gasteiger partial charge < -0.3 is 5.32 Å². The largest absolute Gasteiger partial charge is 0.416 e. The summed E-state index contributed by atoms with van der Waals surface area (Å²) in [5.41, 5.74) is -0.628. The van der Waals surface area contributed by atoms with Crippen molar-refractivity contribution in [3.8, 4) is 0 Å². The molecule has 1 aliphatic heterocycles. The van der Waals surface area contributed by atoms with Gasteiger partial charge in [-0.15, -0.1) is 0 Å². The van der Waals surface area contributed by atoms with Crippen LogP contribution in [0.15, 0.2) is 24.3 Å². The Morgan fingerprint density at radius 3 is 2.74 bits per heavy atom. The van der Waals surface area contributed by atoms with Gasteiger partial charge in [0, 0.05) is 18.0 Å². The van der Waals surface area contributed by atoms with Gasteiger partial charge >= 0.3 is 6.18 Å². The second-order valence-electron chi connectivity index (χ2n) is 4.85. The Morgan fingerprint density at radius 1 is 1.32 bits per heavy atom. The van der Waals surface area contributed by atoms with Crippen molar-refractivity contribution in [3.63, 3.8) is 0 Å². The lowest BCUT2D eigenvalue weighted by molar-refractivity contribution is -0.137. The number of benzene rings is 1. The molecular weight excluding hydrogens is 255 g/mol. The van der Waals surface area contributed by atoms with E-state index < -0.39 is 11.7 Å². The molecule has 5 heteroatoms. The van der Waals surface area contributed by atoms with Gasteiger partial charge in [-0.05, 0) is 31.5 Å². The van der Waals surface area contributed by atoms with E-state index in [0.717, 1.165) is 37.9 Å². The van der Waals surface area contributed by atoms with Crippen molar-refractivity contribution in [1.29, 1.82) is 0 Å².